The first-order valence-electron chi connectivity index (χ1n) is 12.2. The van der Waals surface area contributed by atoms with E-state index in [1.165, 1.54) is 24.8 Å². The summed E-state index contributed by atoms with van der Waals surface area (Å²) in [7, 11) is 0. The van der Waals surface area contributed by atoms with Crippen LogP contribution in [0.15, 0.2) is 67.1 Å². The van der Waals surface area contributed by atoms with Gasteiger partial charge in [0.25, 0.3) is 0 Å². The third-order valence-corrected chi connectivity index (χ3v) is 7.06. The molecule has 35 heavy (non-hydrogen) atoms. The fourth-order valence-corrected chi connectivity index (χ4v) is 5.27. The zero-order chi connectivity index (χ0) is 23.2. The summed E-state index contributed by atoms with van der Waals surface area (Å²) in [5, 5.41) is 10.9. The number of nitrogens with one attached hydrogen (secondary N) is 2. The first-order valence-corrected chi connectivity index (χ1v) is 12.2. The number of likely N-dealkylation sites (tertiary alicyclic amines) is 1. The van der Waals surface area contributed by atoms with E-state index in [0.717, 1.165) is 75.1 Å². The number of piperidine rings is 1. The van der Waals surface area contributed by atoms with Crippen LogP contribution < -0.4 is 0 Å². The molecular formula is C28H25N7. The topological polar surface area (TPSA) is 86.4 Å². The fraction of sp³-hybridized carbons (Fsp3) is 0.214. The highest BCUT2D eigenvalue weighted by Crippen LogP contribution is 2.32. The van der Waals surface area contributed by atoms with Gasteiger partial charge in [-0.1, -0.05) is 42.8 Å². The number of hydrogen-bond donors (Lipinski definition) is 2. The molecule has 1 aliphatic heterocycles. The van der Waals surface area contributed by atoms with Crippen LogP contribution in [0.25, 0.3) is 55.5 Å². The van der Waals surface area contributed by atoms with E-state index in [1.807, 2.05) is 24.7 Å². The predicted octanol–water partition coefficient (Wildman–Crippen LogP) is 5.70. The van der Waals surface area contributed by atoms with Gasteiger partial charge in [0, 0.05) is 41.6 Å². The Kier molecular flexibility index (Phi) is 4.80. The first kappa shape index (κ1) is 20.3. The zero-order valence-corrected chi connectivity index (χ0v) is 19.3. The van der Waals surface area contributed by atoms with Gasteiger partial charge in [0.1, 0.15) is 5.69 Å². The molecule has 7 heteroatoms. The summed E-state index contributed by atoms with van der Waals surface area (Å²) in [6.07, 6.45) is 9.57. The van der Waals surface area contributed by atoms with Crippen molar-refractivity contribution >= 4 is 32.8 Å². The Bertz CT molecular complexity index is 1670. The minimum absolute atomic E-state index is 0.742. The van der Waals surface area contributed by atoms with E-state index in [0.29, 0.717) is 0 Å². The van der Waals surface area contributed by atoms with Crippen molar-refractivity contribution in [2.75, 3.05) is 13.1 Å². The summed E-state index contributed by atoms with van der Waals surface area (Å²) in [6, 6.07) is 16.8. The third kappa shape index (κ3) is 3.56. The van der Waals surface area contributed by atoms with Gasteiger partial charge in [-0.2, -0.15) is 5.10 Å². The molecule has 0 radical (unpaired) electrons. The minimum Gasteiger partial charge on any atom is -0.337 e. The maximum absolute atomic E-state index is 5.02. The molecule has 1 fully saturated rings. The number of para-hydroxylation sites is 1. The van der Waals surface area contributed by atoms with Crippen LogP contribution in [0.5, 0.6) is 0 Å². The van der Waals surface area contributed by atoms with Gasteiger partial charge in [-0.15, -0.1) is 0 Å². The van der Waals surface area contributed by atoms with Crippen LogP contribution in [0.1, 0.15) is 24.8 Å². The van der Waals surface area contributed by atoms with Crippen molar-refractivity contribution < 1.29 is 0 Å². The van der Waals surface area contributed by atoms with Gasteiger partial charge in [-0.05, 0) is 49.0 Å². The number of imidazole rings is 1. The number of hydrogen-bond acceptors (Lipinski definition) is 5. The Morgan fingerprint density at radius 3 is 2.74 bits per heavy atom. The van der Waals surface area contributed by atoms with Crippen molar-refractivity contribution in [3.8, 4) is 22.6 Å². The standard InChI is InChI=1S/C28H25N7/c1-4-11-35(12-5-1)17-19-8-6-10-24-25(19)32-28(31-24)26-22-13-20(15-30-27(22)34-33-26)23-16-29-14-18-7-2-3-9-21(18)23/h2-3,6-10,13-16H,1,4-5,11-12,17H2,(H,31,32)(H,30,33,34). The van der Waals surface area contributed by atoms with Crippen molar-refractivity contribution in [2.45, 2.75) is 25.8 Å². The quantitative estimate of drug-likeness (QED) is 0.353. The van der Waals surface area contributed by atoms with Gasteiger partial charge < -0.3 is 4.98 Å². The lowest BCUT2D eigenvalue weighted by molar-refractivity contribution is 0.221. The van der Waals surface area contributed by atoms with Crippen LogP contribution in [-0.4, -0.2) is 48.1 Å². The molecule has 5 heterocycles. The first-order chi connectivity index (χ1) is 17.3. The number of benzene rings is 2. The Hall–Kier alpha value is -4.10. The summed E-state index contributed by atoms with van der Waals surface area (Å²) in [5.41, 5.74) is 6.89. The molecule has 1 aliphatic rings. The van der Waals surface area contributed by atoms with Crippen LogP contribution in [-0.2, 0) is 6.54 Å². The molecule has 0 unspecified atom stereocenters. The highest BCUT2D eigenvalue weighted by Gasteiger charge is 2.18. The van der Waals surface area contributed by atoms with Crippen LogP contribution in [0.3, 0.4) is 0 Å². The fourth-order valence-electron chi connectivity index (χ4n) is 5.27. The Morgan fingerprint density at radius 2 is 1.80 bits per heavy atom. The van der Waals surface area contributed by atoms with Crippen LogP contribution in [0.2, 0.25) is 0 Å². The highest BCUT2D eigenvalue weighted by atomic mass is 15.2. The molecule has 0 saturated carbocycles. The number of H-pyrrole nitrogens is 2. The van der Waals surface area contributed by atoms with Crippen LogP contribution in [0, 0.1) is 0 Å². The smallest absolute Gasteiger partial charge is 0.159 e. The second-order valence-electron chi connectivity index (χ2n) is 9.34. The molecule has 2 aromatic carbocycles. The normalized spacial score (nSPS) is 14.9. The average molecular weight is 460 g/mol. The number of pyridine rings is 2. The summed E-state index contributed by atoms with van der Waals surface area (Å²) >= 11 is 0. The third-order valence-electron chi connectivity index (χ3n) is 7.06. The predicted molar refractivity (Wildman–Crippen MR) is 139 cm³/mol. The van der Waals surface area contributed by atoms with Crippen molar-refractivity contribution in [3.05, 3.63) is 72.7 Å². The molecule has 0 aliphatic carbocycles. The van der Waals surface area contributed by atoms with Gasteiger partial charge >= 0.3 is 0 Å². The van der Waals surface area contributed by atoms with Gasteiger partial charge in [-0.3, -0.25) is 15.0 Å². The Morgan fingerprint density at radius 1 is 0.886 bits per heavy atom. The van der Waals surface area contributed by atoms with Gasteiger partial charge in [0.15, 0.2) is 11.5 Å². The van der Waals surface area contributed by atoms with Crippen LogP contribution in [0.4, 0.5) is 0 Å². The lowest BCUT2D eigenvalue weighted by atomic mass is 10.0. The number of aromatic amines is 2. The van der Waals surface area contributed by atoms with E-state index in [2.05, 4.69) is 72.5 Å². The summed E-state index contributed by atoms with van der Waals surface area (Å²) < 4.78 is 0. The molecule has 6 aromatic rings. The van der Waals surface area contributed by atoms with Crippen LogP contribution >= 0.6 is 0 Å². The molecule has 7 rings (SSSR count). The largest absolute Gasteiger partial charge is 0.337 e. The second kappa shape index (κ2) is 8.29. The van der Waals surface area contributed by atoms with Crippen molar-refractivity contribution in [3.63, 3.8) is 0 Å². The molecule has 0 atom stereocenters. The van der Waals surface area contributed by atoms with Crippen molar-refractivity contribution in [1.29, 1.82) is 0 Å². The summed E-state index contributed by atoms with van der Waals surface area (Å²) in [5.74, 6) is 0.757. The monoisotopic (exact) mass is 459 g/mol. The number of nitrogens with zero attached hydrogens (tertiary/aromatic N) is 5. The average Bonchev–Trinajstić information content (AvgIpc) is 3.53. The molecule has 172 valence electrons. The lowest BCUT2D eigenvalue weighted by Gasteiger charge is -2.26. The molecule has 7 nitrogen and oxygen atoms in total. The van der Waals surface area contributed by atoms with Gasteiger partial charge in [-0.25, -0.2) is 9.97 Å². The number of rotatable bonds is 4. The lowest BCUT2D eigenvalue weighted by Crippen LogP contribution is -2.29. The SMILES string of the molecule is c1ccc2c(-c3cnc4[nH]nc(-c5nc6c(CN7CCCCC7)cccc6[nH]5)c4c3)cncc2c1. The maximum Gasteiger partial charge on any atom is 0.159 e. The van der Waals surface area contributed by atoms with Crippen molar-refractivity contribution in [2.24, 2.45) is 0 Å². The van der Waals surface area contributed by atoms with E-state index in [-0.39, 0.29) is 0 Å². The van der Waals surface area contributed by atoms with Crippen molar-refractivity contribution in [1.82, 2.24) is 35.0 Å². The van der Waals surface area contributed by atoms with E-state index in [1.54, 1.807) is 0 Å². The molecule has 0 spiro atoms. The molecule has 1 saturated heterocycles. The minimum atomic E-state index is 0.742. The molecule has 0 bridgehead atoms. The summed E-state index contributed by atoms with van der Waals surface area (Å²) in [4.78, 5) is 20.2. The maximum atomic E-state index is 5.02. The van der Waals surface area contributed by atoms with E-state index >= 15 is 0 Å². The van der Waals surface area contributed by atoms with Gasteiger partial charge in [0.05, 0.1) is 16.4 Å². The zero-order valence-electron chi connectivity index (χ0n) is 19.3. The van der Waals surface area contributed by atoms with Gasteiger partial charge in [0.2, 0.25) is 0 Å². The summed E-state index contributed by atoms with van der Waals surface area (Å²) in [6.45, 7) is 3.26. The molecule has 0 amide bonds. The van der Waals surface area contributed by atoms with E-state index in [9.17, 15) is 0 Å². The molecular weight excluding hydrogens is 434 g/mol. The molecule has 2 N–H and O–H groups in total. The molecule has 4 aromatic heterocycles. The Labute approximate surface area is 202 Å². The Balaban J connectivity index is 1.32. The highest BCUT2D eigenvalue weighted by molar-refractivity contribution is 5.99. The second-order valence-corrected chi connectivity index (χ2v) is 9.34. The number of fused-ring (bicyclic) bond motifs is 3. The van der Waals surface area contributed by atoms with E-state index in [4.69, 9.17) is 4.98 Å². The number of aromatic nitrogens is 6. The van der Waals surface area contributed by atoms with E-state index < -0.39 is 0 Å².